The molecule has 4 heterocycles. The number of allylic oxidation sites excluding steroid dienone is 2. The van der Waals surface area contributed by atoms with Crippen LogP contribution in [0.15, 0.2) is 11.6 Å². The van der Waals surface area contributed by atoms with E-state index in [1.165, 1.54) is 6.92 Å². The van der Waals surface area contributed by atoms with Gasteiger partial charge in [-0.05, 0) is 126 Å². The van der Waals surface area contributed by atoms with Crippen LogP contribution in [-0.2, 0) is 47.5 Å². The quantitative estimate of drug-likeness (QED) is 0.0482. The Hall–Kier alpha value is -2.12. The first-order chi connectivity index (χ1) is 36.0. The number of hydrogen-bond donors (Lipinski definition) is 14. The number of rotatable bonds is 15. The number of aliphatic carboxylic acids is 1. The molecule has 0 amide bonds. The molecule has 0 aromatic rings. The number of carbonyl (C=O) groups is 2. The zero-order valence-corrected chi connectivity index (χ0v) is 45.0. The molecule has 0 spiro atoms. The molecule has 8 aliphatic rings. The molecule has 442 valence electrons. The zero-order chi connectivity index (χ0) is 56.6. The van der Waals surface area contributed by atoms with E-state index in [1.54, 1.807) is 6.92 Å². The van der Waals surface area contributed by atoms with Crippen LogP contribution in [0.2, 0.25) is 0 Å². The Morgan fingerprint density at radius 2 is 1.26 bits per heavy atom. The van der Waals surface area contributed by atoms with Gasteiger partial charge in [0, 0.05) is 5.92 Å². The normalized spacial score (nSPS) is 51.8. The number of hydrogen-bond acceptors (Lipinski definition) is 23. The summed E-state index contributed by atoms with van der Waals surface area (Å²) in [6.07, 6.45) is -25.7. The summed E-state index contributed by atoms with van der Waals surface area (Å²) in [5.41, 5.74) is -4.08. The molecule has 14 N–H and O–H groups in total. The standard InChI is InChI=1S/C53H86O24/c1-22(2)9-8-15-53(69,48(68)77-46-40(64)36(60)33(57)27(19-54)73-46)25-12-17-50(5)24(25)10-11-29-49(4)16-14-31(52(7,47(66)67)30(49)13-18-51(29,50)6)75-44-41(65)42(26(55)20-70-44)76-45-39(63)37(61)34(58)28(74-45)21-71-43-38(62)35(59)32(56)23(3)72-43/h9,23-46,54-65,69H,8,10-21H2,1-7H3,(H,66,67)/t23-,24+,25-,26-,27+,28+,29+,30+,31-,32-,33+,34+,35+,36-,37-,38+,39+,40+,41+,42-,43+,44-,45-,46-,49+,50+,51+,52+,53-/m0/s1. The Bertz CT molecular complexity index is 2100. The molecule has 29 atom stereocenters. The fraction of sp³-hybridized carbons (Fsp3) is 0.925. The second kappa shape index (κ2) is 22.9. The highest BCUT2D eigenvalue weighted by Crippen LogP contribution is 2.76. The van der Waals surface area contributed by atoms with Gasteiger partial charge in [0.15, 0.2) is 24.5 Å². The smallest absolute Gasteiger partial charge is 0.340 e. The molecule has 4 saturated carbocycles. The van der Waals surface area contributed by atoms with Gasteiger partial charge in [0.2, 0.25) is 6.29 Å². The van der Waals surface area contributed by atoms with Crippen LogP contribution in [0.3, 0.4) is 0 Å². The molecule has 24 nitrogen and oxygen atoms in total. The summed E-state index contributed by atoms with van der Waals surface area (Å²) < 4.78 is 46.3. The number of ether oxygens (including phenoxy) is 8. The second-order valence-electron chi connectivity index (χ2n) is 24.8. The molecule has 0 bridgehead atoms. The maximum absolute atomic E-state index is 14.4. The molecule has 0 aromatic heterocycles. The molecule has 24 heteroatoms. The van der Waals surface area contributed by atoms with Crippen molar-refractivity contribution in [2.45, 2.75) is 241 Å². The third-order valence-corrected chi connectivity index (χ3v) is 20.5. The Kier molecular flexibility index (Phi) is 18.1. The highest BCUT2D eigenvalue weighted by Gasteiger charge is 2.72. The van der Waals surface area contributed by atoms with Gasteiger partial charge in [0.1, 0.15) is 85.5 Å². The van der Waals surface area contributed by atoms with Crippen molar-refractivity contribution in [1.29, 1.82) is 0 Å². The number of carboxylic acids is 1. The second-order valence-corrected chi connectivity index (χ2v) is 24.8. The van der Waals surface area contributed by atoms with E-state index in [2.05, 4.69) is 20.8 Å². The summed E-state index contributed by atoms with van der Waals surface area (Å²) in [7, 11) is 0. The number of esters is 1. The predicted molar refractivity (Wildman–Crippen MR) is 261 cm³/mol. The van der Waals surface area contributed by atoms with E-state index >= 15 is 0 Å². The first-order valence-electron chi connectivity index (χ1n) is 27.4. The number of fused-ring (bicyclic) bond motifs is 5. The predicted octanol–water partition coefficient (Wildman–Crippen LogP) is -1.94. The van der Waals surface area contributed by atoms with E-state index < -0.39 is 194 Å². The number of carbonyl (C=O) groups excluding carboxylic acids is 1. The summed E-state index contributed by atoms with van der Waals surface area (Å²) in [5, 5.41) is 152. The first kappa shape index (κ1) is 61.0. The molecule has 4 aliphatic carbocycles. The van der Waals surface area contributed by atoms with Crippen LogP contribution in [0.25, 0.3) is 0 Å². The average molecular weight is 1110 g/mol. The van der Waals surface area contributed by atoms with Crippen LogP contribution in [0, 0.1) is 45.3 Å². The van der Waals surface area contributed by atoms with Crippen LogP contribution in [0.5, 0.6) is 0 Å². The molecule has 0 aromatic carbocycles. The first-order valence-corrected chi connectivity index (χ1v) is 27.4. The van der Waals surface area contributed by atoms with Crippen LogP contribution >= 0.6 is 0 Å². The molecule has 4 aliphatic heterocycles. The van der Waals surface area contributed by atoms with Crippen molar-refractivity contribution in [2.75, 3.05) is 19.8 Å². The summed E-state index contributed by atoms with van der Waals surface area (Å²) in [6, 6.07) is 0. The summed E-state index contributed by atoms with van der Waals surface area (Å²) in [5.74, 6) is -3.44. The summed E-state index contributed by atoms with van der Waals surface area (Å²) in [6.45, 7) is 11.7. The highest BCUT2D eigenvalue weighted by molar-refractivity contribution is 5.80. The van der Waals surface area contributed by atoms with Gasteiger partial charge in [-0.15, -0.1) is 0 Å². The van der Waals surface area contributed by atoms with E-state index in [0.29, 0.717) is 51.4 Å². The Labute approximate surface area is 447 Å². The minimum atomic E-state index is -2.07. The van der Waals surface area contributed by atoms with Gasteiger partial charge in [-0.25, -0.2) is 4.79 Å². The van der Waals surface area contributed by atoms with Crippen molar-refractivity contribution < 1.29 is 119 Å². The molecular weight excluding hydrogens is 1020 g/mol. The third-order valence-electron chi connectivity index (χ3n) is 20.5. The van der Waals surface area contributed by atoms with Crippen molar-refractivity contribution in [3.8, 4) is 0 Å². The molecule has 0 unspecified atom stereocenters. The highest BCUT2D eigenvalue weighted by atomic mass is 16.8. The van der Waals surface area contributed by atoms with E-state index in [4.69, 9.17) is 37.9 Å². The fourth-order valence-electron chi connectivity index (χ4n) is 15.8. The molecule has 8 rings (SSSR count). The number of aliphatic hydroxyl groups excluding tert-OH is 12. The van der Waals surface area contributed by atoms with E-state index in [-0.39, 0.29) is 24.7 Å². The van der Waals surface area contributed by atoms with Crippen molar-refractivity contribution in [3.63, 3.8) is 0 Å². The Morgan fingerprint density at radius 3 is 1.91 bits per heavy atom. The van der Waals surface area contributed by atoms with E-state index in [0.717, 1.165) is 5.57 Å². The molecular formula is C53H86O24. The van der Waals surface area contributed by atoms with Gasteiger partial charge in [0.25, 0.3) is 0 Å². The molecule has 4 saturated heterocycles. The average Bonchev–Trinajstić information content (AvgIpc) is 3.97. The lowest BCUT2D eigenvalue weighted by atomic mass is 9.35. The summed E-state index contributed by atoms with van der Waals surface area (Å²) in [4.78, 5) is 28.3. The van der Waals surface area contributed by atoms with Gasteiger partial charge in [0.05, 0.1) is 37.4 Å². The van der Waals surface area contributed by atoms with Crippen LogP contribution in [0.1, 0.15) is 113 Å². The van der Waals surface area contributed by atoms with Crippen molar-refractivity contribution in [3.05, 3.63) is 11.6 Å². The fourth-order valence-corrected chi connectivity index (χ4v) is 15.8. The molecule has 0 radical (unpaired) electrons. The maximum atomic E-state index is 14.4. The van der Waals surface area contributed by atoms with Gasteiger partial charge in [-0.3, -0.25) is 4.79 Å². The van der Waals surface area contributed by atoms with Crippen molar-refractivity contribution in [1.82, 2.24) is 0 Å². The Morgan fingerprint density at radius 1 is 0.649 bits per heavy atom. The summed E-state index contributed by atoms with van der Waals surface area (Å²) >= 11 is 0. The largest absolute Gasteiger partial charge is 0.481 e. The van der Waals surface area contributed by atoms with Crippen LogP contribution < -0.4 is 0 Å². The van der Waals surface area contributed by atoms with Gasteiger partial charge < -0.3 is 109 Å². The van der Waals surface area contributed by atoms with E-state index in [9.17, 15) is 81.1 Å². The number of aliphatic hydroxyl groups is 13. The van der Waals surface area contributed by atoms with Gasteiger partial charge in [-0.2, -0.15) is 0 Å². The third kappa shape index (κ3) is 10.5. The minimum Gasteiger partial charge on any atom is -0.481 e. The minimum absolute atomic E-state index is 0.0161. The monoisotopic (exact) mass is 1110 g/mol. The number of carboxylic acid groups (broad SMARTS) is 1. The SMILES string of the molecule is CC(C)=CCC[C@@](O)(C(=O)O[C@@H]1O[C@H](CO)[C@@H](O)[C@H](O)[C@H]1O)[C@H]1CC[C@]2(C)[C@@H]1CC[C@@H]1[C@@]3(C)CC[C@H](O[C@@H]4OC[C@H](O)[C@H](O[C@@H]5O[C@H](CO[C@@H]6O[C@@H](C)[C@H](O)[C@@H](O)[C@H]6O)[C@@H](O)[C@H](O)[C@H]5O)[C@H]4O)[C@](C)(C(=O)O)[C@@H]3CC[C@]12C. The maximum Gasteiger partial charge on any atom is 0.340 e. The van der Waals surface area contributed by atoms with Gasteiger partial charge in [-0.1, -0.05) is 32.4 Å². The van der Waals surface area contributed by atoms with Crippen molar-refractivity contribution in [2.24, 2.45) is 45.3 Å². The van der Waals surface area contributed by atoms with Crippen LogP contribution in [0.4, 0.5) is 0 Å². The zero-order valence-electron chi connectivity index (χ0n) is 45.0. The topological polar surface area (TPSA) is 391 Å². The molecule has 8 fully saturated rings. The molecule has 77 heavy (non-hydrogen) atoms. The lowest BCUT2D eigenvalue weighted by Crippen LogP contribution is -2.67. The lowest BCUT2D eigenvalue weighted by molar-refractivity contribution is -0.362. The Balaban J connectivity index is 0.965. The van der Waals surface area contributed by atoms with Crippen molar-refractivity contribution >= 4 is 11.9 Å². The van der Waals surface area contributed by atoms with Gasteiger partial charge >= 0.3 is 11.9 Å². The van der Waals surface area contributed by atoms with E-state index in [1.807, 2.05) is 19.9 Å². The van der Waals surface area contributed by atoms with Crippen LogP contribution in [-0.4, -0.2) is 232 Å². The lowest BCUT2D eigenvalue weighted by Gasteiger charge is -2.69.